The maximum absolute atomic E-state index is 11.8. The van der Waals surface area contributed by atoms with E-state index in [0.29, 0.717) is 23.0 Å². The van der Waals surface area contributed by atoms with Crippen molar-refractivity contribution in [1.82, 2.24) is 10.6 Å². The van der Waals surface area contributed by atoms with Gasteiger partial charge < -0.3 is 29.7 Å². The molecule has 1 saturated heterocycles. The molecule has 144 valence electrons. The molecule has 0 amide bonds. The van der Waals surface area contributed by atoms with Crippen LogP contribution in [0.1, 0.15) is 22.3 Å². The molecule has 1 heterocycles. The lowest BCUT2D eigenvalue weighted by molar-refractivity contribution is -0.908. The van der Waals surface area contributed by atoms with Crippen LogP contribution < -0.4 is 20.3 Å². The number of rotatable bonds is 8. The summed E-state index contributed by atoms with van der Waals surface area (Å²) in [5.74, 6) is 0.0712. The first-order chi connectivity index (χ1) is 12.6. The summed E-state index contributed by atoms with van der Waals surface area (Å²) < 4.78 is 15.3. The van der Waals surface area contributed by atoms with Gasteiger partial charge in [-0.05, 0) is 29.9 Å². The summed E-state index contributed by atoms with van der Waals surface area (Å²) in [5, 5.41) is 6.99. The Hall–Kier alpha value is -1.90. The van der Waals surface area contributed by atoms with Crippen LogP contribution >= 0.6 is 12.2 Å². The minimum absolute atomic E-state index is 0.404. The Bertz CT molecular complexity index is 606. The Kier molecular flexibility index (Phi) is 8.60. The maximum Gasteiger partial charge on any atom is 0.341 e. The highest BCUT2D eigenvalue weighted by Crippen LogP contribution is 2.20. The number of hydrogen-bond donors (Lipinski definition) is 3. The van der Waals surface area contributed by atoms with Crippen LogP contribution in [0.4, 0.5) is 0 Å². The smallest absolute Gasteiger partial charge is 0.341 e. The van der Waals surface area contributed by atoms with E-state index >= 15 is 0 Å². The molecule has 2 rings (SSSR count). The van der Waals surface area contributed by atoms with Gasteiger partial charge in [0.15, 0.2) is 5.11 Å². The van der Waals surface area contributed by atoms with Crippen molar-refractivity contribution in [2.45, 2.75) is 13.0 Å². The average Bonchev–Trinajstić information content (AvgIpc) is 2.69. The van der Waals surface area contributed by atoms with E-state index in [4.69, 9.17) is 26.4 Å². The summed E-state index contributed by atoms with van der Waals surface area (Å²) in [7, 11) is 2.88. The molecule has 1 aromatic rings. The molecule has 0 spiro atoms. The minimum Gasteiger partial charge on any atom is -0.496 e. The minimum atomic E-state index is -0.421. The molecule has 0 bridgehead atoms. The van der Waals surface area contributed by atoms with E-state index in [-0.39, 0.29) is 0 Å². The largest absolute Gasteiger partial charge is 0.496 e. The number of quaternary nitrogens is 1. The second-order valence-electron chi connectivity index (χ2n) is 6.10. The second kappa shape index (κ2) is 10.9. The fraction of sp³-hybridized carbons (Fsp3) is 0.556. The summed E-state index contributed by atoms with van der Waals surface area (Å²) in [6.07, 6.45) is 1.06. The topological polar surface area (TPSA) is 73.3 Å². The summed E-state index contributed by atoms with van der Waals surface area (Å²) in [5.41, 5.74) is 1.33. The third-order valence-electron chi connectivity index (χ3n) is 4.31. The predicted octanol–water partition coefficient (Wildman–Crippen LogP) is -0.249. The molecule has 26 heavy (non-hydrogen) atoms. The van der Waals surface area contributed by atoms with E-state index in [2.05, 4.69) is 10.6 Å². The molecule has 1 aromatic carbocycles. The summed E-state index contributed by atoms with van der Waals surface area (Å²) in [6.45, 7) is 6.38. The van der Waals surface area contributed by atoms with Crippen LogP contribution in [0, 0.1) is 0 Å². The van der Waals surface area contributed by atoms with Gasteiger partial charge in [-0.3, -0.25) is 0 Å². The Morgan fingerprint density at radius 1 is 1.27 bits per heavy atom. The van der Waals surface area contributed by atoms with Crippen molar-refractivity contribution >= 4 is 23.3 Å². The zero-order valence-electron chi connectivity index (χ0n) is 15.4. The van der Waals surface area contributed by atoms with Gasteiger partial charge in [-0.1, -0.05) is 6.07 Å². The summed E-state index contributed by atoms with van der Waals surface area (Å²) in [6, 6.07) is 5.40. The number of carbonyl (C=O) groups is 1. The number of nitrogens with one attached hydrogen (secondary N) is 3. The quantitative estimate of drug-likeness (QED) is 0.325. The molecular formula is C18H28N3O4S+. The highest BCUT2D eigenvalue weighted by Gasteiger charge is 2.14. The van der Waals surface area contributed by atoms with Crippen molar-refractivity contribution in [3.05, 3.63) is 29.3 Å². The fourth-order valence-corrected chi connectivity index (χ4v) is 3.00. The van der Waals surface area contributed by atoms with Crippen LogP contribution in [-0.4, -0.2) is 64.7 Å². The SMILES string of the molecule is COC(=O)c1cc(CNC(=S)NCCC[NH+]2CCOCC2)ccc1OC. The fourth-order valence-electron chi connectivity index (χ4n) is 2.83. The van der Waals surface area contributed by atoms with E-state index in [1.54, 1.807) is 17.0 Å². The number of hydrogen-bond acceptors (Lipinski definition) is 5. The van der Waals surface area contributed by atoms with E-state index in [9.17, 15) is 4.79 Å². The molecule has 0 atom stereocenters. The molecule has 3 N–H and O–H groups in total. The Morgan fingerprint density at radius 3 is 2.73 bits per heavy atom. The first-order valence-corrected chi connectivity index (χ1v) is 9.23. The van der Waals surface area contributed by atoms with E-state index in [1.807, 2.05) is 6.07 Å². The number of methoxy groups -OCH3 is 2. The van der Waals surface area contributed by atoms with Gasteiger partial charge in [0.2, 0.25) is 0 Å². The van der Waals surface area contributed by atoms with Gasteiger partial charge in [0.05, 0.1) is 34.0 Å². The van der Waals surface area contributed by atoms with E-state index in [1.165, 1.54) is 14.2 Å². The van der Waals surface area contributed by atoms with E-state index < -0.39 is 5.97 Å². The second-order valence-corrected chi connectivity index (χ2v) is 6.51. The van der Waals surface area contributed by atoms with Crippen LogP contribution in [-0.2, 0) is 16.0 Å². The van der Waals surface area contributed by atoms with Gasteiger partial charge in [0.1, 0.15) is 24.4 Å². The molecule has 8 heteroatoms. The van der Waals surface area contributed by atoms with E-state index in [0.717, 1.165) is 51.4 Å². The van der Waals surface area contributed by atoms with Gasteiger partial charge in [-0.25, -0.2) is 4.79 Å². The molecule has 0 unspecified atom stereocenters. The van der Waals surface area contributed by atoms with Crippen molar-refractivity contribution in [3.8, 4) is 5.75 Å². The molecule has 1 aliphatic rings. The van der Waals surface area contributed by atoms with Gasteiger partial charge in [0, 0.05) is 19.5 Å². The van der Waals surface area contributed by atoms with Crippen molar-refractivity contribution in [2.24, 2.45) is 0 Å². The lowest BCUT2D eigenvalue weighted by Crippen LogP contribution is -3.14. The monoisotopic (exact) mass is 382 g/mol. The normalized spacial score (nSPS) is 14.5. The van der Waals surface area contributed by atoms with Crippen molar-refractivity contribution in [1.29, 1.82) is 0 Å². The highest BCUT2D eigenvalue weighted by molar-refractivity contribution is 7.80. The van der Waals surface area contributed by atoms with Crippen LogP contribution in [0.15, 0.2) is 18.2 Å². The molecule has 0 aliphatic carbocycles. The number of thiocarbonyl (C=S) groups is 1. The molecule has 0 aromatic heterocycles. The van der Waals surface area contributed by atoms with Gasteiger partial charge in [0.25, 0.3) is 0 Å². The zero-order valence-corrected chi connectivity index (χ0v) is 16.2. The number of ether oxygens (including phenoxy) is 3. The predicted molar refractivity (Wildman–Crippen MR) is 103 cm³/mol. The van der Waals surface area contributed by atoms with Crippen LogP contribution in [0.5, 0.6) is 5.75 Å². The highest BCUT2D eigenvalue weighted by atomic mass is 32.1. The number of morpholine rings is 1. The average molecular weight is 383 g/mol. The van der Waals surface area contributed by atoms with Crippen LogP contribution in [0.25, 0.3) is 0 Å². The van der Waals surface area contributed by atoms with Crippen molar-refractivity contribution < 1.29 is 23.9 Å². The molecule has 7 nitrogen and oxygen atoms in total. The van der Waals surface area contributed by atoms with Crippen LogP contribution in [0.2, 0.25) is 0 Å². The lowest BCUT2D eigenvalue weighted by Gasteiger charge is -2.23. The lowest BCUT2D eigenvalue weighted by atomic mass is 10.1. The van der Waals surface area contributed by atoms with Crippen molar-refractivity contribution in [3.63, 3.8) is 0 Å². The third-order valence-corrected chi connectivity index (χ3v) is 4.60. The number of esters is 1. The Labute approximate surface area is 160 Å². The van der Waals surface area contributed by atoms with Crippen molar-refractivity contribution in [2.75, 3.05) is 53.6 Å². The standard InChI is InChI=1S/C18H27N3O4S/c1-23-16-5-4-14(12-15(16)17(22)24-2)13-20-18(26)19-6-3-7-21-8-10-25-11-9-21/h4-5,12H,3,6-11,13H2,1-2H3,(H2,19,20,26)/p+1. The Morgan fingerprint density at radius 2 is 2.04 bits per heavy atom. The molecule has 1 fully saturated rings. The summed E-state index contributed by atoms with van der Waals surface area (Å²) >= 11 is 5.31. The Balaban J connectivity index is 1.72. The van der Waals surface area contributed by atoms with Gasteiger partial charge in [-0.2, -0.15) is 0 Å². The third kappa shape index (κ3) is 6.44. The van der Waals surface area contributed by atoms with Crippen LogP contribution in [0.3, 0.4) is 0 Å². The van der Waals surface area contributed by atoms with Gasteiger partial charge in [-0.15, -0.1) is 0 Å². The molecule has 0 radical (unpaired) electrons. The molecule has 1 aliphatic heterocycles. The summed E-state index contributed by atoms with van der Waals surface area (Å²) in [4.78, 5) is 13.4. The first-order valence-electron chi connectivity index (χ1n) is 8.82. The number of carbonyl (C=O) groups excluding carboxylic acids is 1. The zero-order chi connectivity index (χ0) is 18.8. The maximum atomic E-state index is 11.8. The molecule has 0 saturated carbocycles. The van der Waals surface area contributed by atoms with Gasteiger partial charge >= 0.3 is 5.97 Å². The molecular weight excluding hydrogens is 354 g/mol. The number of benzene rings is 1. The first kappa shape index (κ1) is 20.4.